The molecule has 6 heteroatoms. The van der Waals surface area contributed by atoms with Crippen LogP contribution in [0, 0.1) is 0 Å². The Kier molecular flexibility index (Phi) is 7.39. The van der Waals surface area contributed by atoms with E-state index in [0.717, 1.165) is 85.6 Å². The molecule has 0 aliphatic rings. The second-order valence-electron chi connectivity index (χ2n) is 10.4. The Bertz CT molecular complexity index is 1730. The molecule has 0 saturated carbocycles. The zero-order chi connectivity index (χ0) is 26.6. The largest absolute Gasteiger partial charge is 0.342 e. The Morgan fingerprint density at radius 2 is 1.41 bits per heavy atom. The molecule has 2 aromatic heterocycles. The van der Waals surface area contributed by atoms with Crippen molar-refractivity contribution in [3.05, 3.63) is 84.6 Å². The first-order valence-corrected chi connectivity index (χ1v) is 14.1. The van der Waals surface area contributed by atoms with Crippen LogP contribution >= 0.6 is 0 Å². The number of rotatable bonds is 11. The second kappa shape index (κ2) is 11.4. The van der Waals surface area contributed by atoms with E-state index < -0.39 is 0 Å². The summed E-state index contributed by atoms with van der Waals surface area (Å²) in [7, 11) is 2.00. The van der Waals surface area contributed by atoms with Crippen molar-refractivity contribution in [3.8, 4) is 22.4 Å². The van der Waals surface area contributed by atoms with Crippen LogP contribution in [0.25, 0.3) is 55.0 Å². The average molecular weight is 517 g/mol. The molecular weight excluding hydrogens is 480 g/mol. The van der Waals surface area contributed by atoms with Crippen molar-refractivity contribution >= 4 is 32.6 Å². The van der Waals surface area contributed by atoms with E-state index in [4.69, 9.17) is 10.7 Å². The molecule has 0 fully saturated rings. The number of H-pyrrole nitrogens is 2. The van der Waals surface area contributed by atoms with Crippen molar-refractivity contribution in [2.45, 2.75) is 38.5 Å². The zero-order valence-electron chi connectivity index (χ0n) is 22.6. The molecule has 6 rings (SSSR count). The number of hydrogen-bond donors (Lipinski definition) is 4. The van der Waals surface area contributed by atoms with E-state index in [0.29, 0.717) is 0 Å². The fourth-order valence-electron chi connectivity index (χ4n) is 5.41. The van der Waals surface area contributed by atoms with Crippen LogP contribution in [0.2, 0.25) is 0 Å². The maximum atomic E-state index is 5.62. The van der Waals surface area contributed by atoms with Crippen LogP contribution in [0.1, 0.15) is 37.3 Å². The predicted octanol–water partition coefficient (Wildman–Crippen LogP) is 6.75. The summed E-state index contributed by atoms with van der Waals surface area (Å²) in [6.07, 6.45) is 8.22. The van der Waals surface area contributed by atoms with Crippen LogP contribution in [0.4, 0.5) is 0 Å². The van der Waals surface area contributed by atoms with Crippen molar-refractivity contribution in [2.24, 2.45) is 5.73 Å². The number of unbranched alkanes of at least 4 members (excludes halogenated alkanes) is 2. The minimum Gasteiger partial charge on any atom is -0.342 e. The summed E-state index contributed by atoms with van der Waals surface area (Å²) in [5.41, 5.74) is 12.4. The van der Waals surface area contributed by atoms with Gasteiger partial charge in [0.2, 0.25) is 0 Å². The number of aryl methyl sites for hydroxylation is 2. The number of hydrogen-bond acceptors (Lipinski definition) is 4. The van der Waals surface area contributed by atoms with E-state index in [-0.39, 0.29) is 0 Å². The Labute approximate surface area is 229 Å². The Balaban J connectivity index is 1.24. The van der Waals surface area contributed by atoms with Gasteiger partial charge >= 0.3 is 0 Å². The van der Waals surface area contributed by atoms with Gasteiger partial charge in [-0.05, 0) is 97.4 Å². The highest BCUT2D eigenvalue weighted by Gasteiger charge is 2.10. The molecule has 2 heterocycles. The number of imidazole rings is 2. The number of aromatic amines is 2. The lowest BCUT2D eigenvalue weighted by molar-refractivity contribution is 0.666. The molecule has 0 atom stereocenters. The standard InChI is InChI=1S/C33H36N6/c1-35-17-5-3-7-32-37-29-15-13-26-19-25(12-14-28(26)33(29)39-32)22-8-9-24-20-27(11-10-23(24)18-22)30-21-36-31(38-30)6-2-4-16-34/h8-15,18-21,35H,2-7,16-17,34H2,1H3,(H,36,38)(H,37,39). The van der Waals surface area contributed by atoms with Crippen molar-refractivity contribution in [1.29, 1.82) is 0 Å². The van der Waals surface area contributed by atoms with Gasteiger partial charge in [0.1, 0.15) is 11.6 Å². The smallest absolute Gasteiger partial charge is 0.107 e. The van der Waals surface area contributed by atoms with Gasteiger partial charge in [0.15, 0.2) is 0 Å². The van der Waals surface area contributed by atoms with Gasteiger partial charge < -0.3 is 21.0 Å². The molecule has 0 radical (unpaired) electrons. The summed E-state index contributed by atoms with van der Waals surface area (Å²) in [6.45, 7) is 1.77. The third-order valence-corrected chi connectivity index (χ3v) is 7.59. The van der Waals surface area contributed by atoms with E-state index in [1.165, 1.54) is 32.7 Å². The molecular formula is C33H36N6. The Hall–Kier alpha value is -4.00. The minimum atomic E-state index is 0.728. The van der Waals surface area contributed by atoms with Crippen LogP contribution in [0.3, 0.4) is 0 Å². The van der Waals surface area contributed by atoms with Gasteiger partial charge in [-0.1, -0.05) is 42.5 Å². The molecule has 5 N–H and O–H groups in total. The van der Waals surface area contributed by atoms with Gasteiger partial charge in [0.25, 0.3) is 0 Å². The summed E-state index contributed by atoms with van der Waals surface area (Å²) in [5.74, 6) is 2.10. The summed E-state index contributed by atoms with van der Waals surface area (Å²) in [4.78, 5) is 16.5. The molecule has 0 aliphatic heterocycles. The van der Waals surface area contributed by atoms with Crippen molar-refractivity contribution in [2.75, 3.05) is 20.1 Å². The Morgan fingerprint density at radius 1 is 0.718 bits per heavy atom. The van der Waals surface area contributed by atoms with Crippen molar-refractivity contribution < 1.29 is 0 Å². The third kappa shape index (κ3) is 5.44. The number of nitrogens with one attached hydrogen (secondary N) is 3. The normalized spacial score (nSPS) is 11.7. The fraction of sp³-hybridized carbons (Fsp3) is 0.273. The molecule has 6 aromatic rings. The van der Waals surface area contributed by atoms with E-state index in [1.807, 2.05) is 13.2 Å². The van der Waals surface area contributed by atoms with Gasteiger partial charge in [0, 0.05) is 23.8 Å². The first-order valence-electron chi connectivity index (χ1n) is 14.1. The first kappa shape index (κ1) is 25.3. The van der Waals surface area contributed by atoms with Crippen LogP contribution in [-0.2, 0) is 12.8 Å². The number of fused-ring (bicyclic) bond motifs is 4. The lowest BCUT2D eigenvalue weighted by atomic mass is 9.97. The molecule has 0 saturated heterocycles. The van der Waals surface area contributed by atoms with Gasteiger partial charge in [-0.3, -0.25) is 0 Å². The highest BCUT2D eigenvalue weighted by atomic mass is 14.9. The summed E-state index contributed by atoms with van der Waals surface area (Å²) < 4.78 is 0. The van der Waals surface area contributed by atoms with Gasteiger partial charge in [-0.15, -0.1) is 0 Å². The summed E-state index contributed by atoms with van der Waals surface area (Å²) >= 11 is 0. The van der Waals surface area contributed by atoms with E-state index >= 15 is 0 Å². The highest BCUT2D eigenvalue weighted by molar-refractivity contribution is 6.05. The van der Waals surface area contributed by atoms with Crippen molar-refractivity contribution in [1.82, 2.24) is 25.3 Å². The predicted molar refractivity (Wildman–Crippen MR) is 163 cm³/mol. The Morgan fingerprint density at radius 3 is 2.23 bits per heavy atom. The first-order chi connectivity index (χ1) is 19.2. The van der Waals surface area contributed by atoms with Gasteiger partial charge in [-0.2, -0.15) is 0 Å². The van der Waals surface area contributed by atoms with E-state index in [1.54, 1.807) is 0 Å². The molecule has 6 nitrogen and oxygen atoms in total. The molecule has 0 bridgehead atoms. The van der Waals surface area contributed by atoms with E-state index in [2.05, 4.69) is 87.0 Å². The van der Waals surface area contributed by atoms with Crippen molar-refractivity contribution in [3.63, 3.8) is 0 Å². The number of benzene rings is 4. The topological polar surface area (TPSA) is 95.4 Å². The zero-order valence-corrected chi connectivity index (χ0v) is 22.6. The second-order valence-corrected chi connectivity index (χ2v) is 10.4. The minimum absolute atomic E-state index is 0.728. The molecule has 0 spiro atoms. The maximum absolute atomic E-state index is 5.62. The SMILES string of the molecule is CNCCCCc1nc2c(ccc3cc(-c4ccc5cc(-c6cnc(CCCCN)[nH]6)ccc5c4)ccc32)[nH]1. The number of nitrogens with two attached hydrogens (primary N) is 1. The molecule has 39 heavy (non-hydrogen) atoms. The van der Waals surface area contributed by atoms with Crippen LogP contribution in [-0.4, -0.2) is 40.1 Å². The molecule has 198 valence electrons. The molecule has 0 aliphatic carbocycles. The van der Waals surface area contributed by atoms with Crippen LogP contribution in [0.15, 0.2) is 72.9 Å². The summed E-state index contributed by atoms with van der Waals surface area (Å²) in [5, 5.41) is 8.07. The number of nitrogens with zero attached hydrogens (tertiary/aromatic N) is 2. The highest BCUT2D eigenvalue weighted by Crippen LogP contribution is 2.32. The quantitative estimate of drug-likeness (QED) is 0.143. The van der Waals surface area contributed by atoms with Gasteiger partial charge in [-0.25, -0.2) is 9.97 Å². The lowest BCUT2D eigenvalue weighted by Crippen LogP contribution is -2.07. The molecule has 0 unspecified atom stereocenters. The third-order valence-electron chi connectivity index (χ3n) is 7.59. The van der Waals surface area contributed by atoms with Crippen LogP contribution in [0.5, 0.6) is 0 Å². The average Bonchev–Trinajstić information content (AvgIpc) is 3.62. The van der Waals surface area contributed by atoms with Crippen LogP contribution < -0.4 is 11.1 Å². The van der Waals surface area contributed by atoms with E-state index in [9.17, 15) is 0 Å². The van der Waals surface area contributed by atoms with Gasteiger partial charge in [0.05, 0.1) is 22.9 Å². The molecule has 4 aromatic carbocycles. The molecule has 0 amide bonds. The lowest BCUT2D eigenvalue weighted by Gasteiger charge is -2.08. The monoisotopic (exact) mass is 516 g/mol. The number of aromatic nitrogens is 4. The fourth-order valence-corrected chi connectivity index (χ4v) is 5.41. The summed E-state index contributed by atoms with van der Waals surface area (Å²) in [6, 6.07) is 24.4. The maximum Gasteiger partial charge on any atom is 0.107 e.